The van der Waals surface area contributed by atoms with Gasteiger partial charge in [0.2, 0.25) is 0 Å². The molecule has 1 aromatic rings. The van der Waals surface area contributed by atoms with Crippen molar-refractivity contribution in [3.8, 4) is 0 Å². The van der Waals surface area contributed by atoms with E-state index in [-0.39, 0.29) is 0 Å². The van der Waals surface area contributed by atoms with Crippen LogP contribution in [0.2, 0.25) is 0 Å². The molecule has 2 heteroatoms. The SMILES string of the molecule is CN(CC1CCNc2ccccc21)C1CCCC1. The van der Waals surface area contributed by atoms with E-state index in [1.807, 2.05) is 0 Å². The molecule has 0 saturated heterocycles. The van der Waals surface area contributed by atoms with Gasteiger partial charge in [-0.3, -0.25) is 0 Å². The largest absolute Gasteiger partial charge is 0.385 e. The molecule has 1 N–H and O–H groups in total. The van der Waals surface area contributed by atoms with Crippen molar-refractivity contribution in [2.24, 2.45) is 0 Å². The predicted octanol–water partition coefficient (Wildman–Crippen LogP) is 3.46. The molecule has 0 amide bonds. The Bertz CT molecular complexity index is 396. The number of nitrogens with one attached hydrogen (secondary N) is 1. The van der Waals surface area contributed by atoms with Crippen LogP contribution in [0.5, 0.6) is 0 Å². The molecule has 1 unspecified atom stereocenters. The van der Waals surface area contributed by atoms with Gasteiger partial charge >= 0.3 is 0 Å². The van der Waals surface area contributed by atoms with E-state index in [1.165, 1.54) is 49.9 Å². The summed E-state index contributed by atoms with van der Waals surface area (Å²) in [5.74, 6) is 0.716. The summed E-state index contributed by atoms with van der Waals surface area (Å²) in [5.41, 5.74) is 2.88. The summed E-state index contributed by atoms with van der Waals surface area (Å²) in [4.78, 5) is 2.61. The highest BCUT2D eigenvalue weighted by atomic mass is 15.1. The van der Waals surface area contributed by atoms with Crippen LogP contribution in [0.1, 0.15) is 43.6 Å². The lowest BCUT2D eigenvalue weighted by molar-refractivity contribution is 0.227. The summed E-state index contributed by atoms with van der Waals surface area (Å²) in [7, 11) is 2.32. The van der Waals surface area contributed by atoms with Crippen molar-refractivity contribution in [1.29, 1.82) is 0 Å². The fourth-order valence-electron chi connectivity index (χ4n) is 3.58. The molecule has 0 radical (unpaired) electrons. The second kappa shape index (κ2) is 5.31. The number of para-hydroxylation sites is 1. The number of anilines is 1. The number of nitrogens with zero attached hydrogens (tertiary/aromatic N) is 1. The van der Waals surface area contributed by atoms with E-state index in [0.717, 1.165) is 12.6 Å². The van der Waals surface area contributed by atoms with Gasteiger partial charge in [-0.1, -0.05) is 31.0 Å². The molecule has 1 fully saturated rings. The highest BCUT2D eigenvalue weighted by molar-refractivity contribution is 5.54. The van der Waals surface area contributed by atoms with E-state index in [4.69, 9.17) is 0 Å². The van der Waals surface area contributed by atoms with E-state index < -0.39 is 0 Å². The van der Waals surface area contributed by atoms with Crippen LogP contribution in [0.3, 0.4) is 0 Å². The summed E-state index contributed by atoms with van der Waals surface area (Å²) >= 11 is 0. The lowest BCUT2D eigenvalue weighted by atomic mass is 9.90. The Balaban J connectivity index is 1.70. The van der Waals surface area contributed by atoms with Crippen LogP contribution in [0.15, 0.2) is 24.3 Å². The summed E-state index contributed by atoms with van der Waals surface area (Å²) < 4.78 is 0. The fraction of sp³-hybridized carbons (Fsp3) is 0.625. The smallest absolute Gasteiger partial charge is 0.0376 e. The third-order valence-corrected chi connectivity index (χ3v) is 4.67. The third-order valence-electron chi connectivity index (χ3n) is 4.67. The molecule has 98 valence electrons. The van der Waals surface area contributed by atoms with Gasteiger partial charge < -0.3 is 10.2 Å². The topological polar surface area (TPSA) is 15.3 Å². The Labute approximate surface area is 110 Å². The molecule has 2 aliphatic rings. The predicted molar refractivity (Wildman–Crippen MR) is 77.2 cm³/mol. The summed E-state index contributed by atoms with van der Waals surface area (Å²) in [6, 6.07) is 9.67. The Hall–Kier alpha value is -1.02. The molecule has 3 rings (SSSR count). The summed E-state index contributed by atoms with van der Waals surface area (Å²) in [5, 5.41) is 3.52. The quantitative estimate of drug-likeness (QED) is 0.876. The third kappa shape index (κ3) is 2.39. The zero-order valence-corrected chi connectivity index (χ0v) is 11.4. The van der Waals surface area contributed by atoms with Gasteiger partial charge in [0.25, 0.3) is 0 Å². The van der Waals surface area contributed by atoms with Crippen LogP contribution in [0.25, 0.3) is 0 Å². The van der Waals surface area contributed by atoms with Crippen LogP contribution in [-0.4, -0.2) is 31.1 Å². The number of rotatable bonds is 3. The van der Waals surface area contributed by atoms with Crippen LogP contribution >= 0.6 is 0 Å². The van der Waals surface area contributed by atoms with Crippen LogP contribution in [0, 0.1) is 0 Å². The minimum absolute atomic E-state index is 0.716. The second-order valence-corrected chi connectivity index (χ2v) is 5.88. The Kier molecular flexibility index (Phi) is 3.55. The molecular weight excluding hydrogens is 220 g/mol. The molecule has 1 atom stereocenters. The van der Waals surface area contributed by atoms with Crippen molar-refractivity contribution >= 4 is 5.69 Å². The van der Waals surface area contributed by atoms with Crippen molar-refractivity contribution in [2.45, 2.75) is 44.1 Å². The van der Waals surface area contributed by atoms with E-state index in [0.29, 0.717) is 5.92 Å². The zero-order valence-electron chi connectivity index (χ0n) is 11.4. The fourth-order valence-corrected chi connectivity index (χ4v) is 3.58. The molecule has 18 heavy (non-hydrogen) atoms. The van der Waals surface area contributed by atoms with Gasteiger partial charge in [-0.25, -0.2) is 0 Å². The van der Waals surface area contributed by atoms with Crippen LogP contribution < -0.4 is 5.32 Å². The first-order valence-electron chi connectivity index (χ1n) is 7.37. The van der Waals surface area contributed by atoms with Crippen LogP contribution in [-0.2, 0) is 0 Å². The number of hydrogen-bond donors (Lipinski definition) is 1. The molecule has 2 nitrogen and oxygen atoms in total. The maximum atomic E-state index is 3.52. The van der Waals surface area contributed by atoms with Crippen molar-refractivity contribution in [3.63, 3.8) is 0 Å². The van der Waals surface area contributed by atoms with Gasteiger partial charge in [-0.2, -0.15) is 0 Å². The maximum absolute atomic E-state index is 3.52. The van der Waals surface area contributed by atoms with E-state index in [9.17, 15) is 0 Å². The normalized spacial score (nSPS) is 24.0. The first-order chi connectivity index (χ1) is 8.84. The number of fused-ring (bicyclic) bond motifs is 1. The van der Waals surface area contributed by atoms with Crippen molar-refractivity contribution < 1.29 is 0 Å². The minimum atomic E-state index is 0.716. The second-order valence-electron chi connectivity index (χ2n) is 5.88. The average Bonchev–Trinajstić information content (AvgIpc) is 2.93. The van der Waals surface area contributed by atoms with Gasteiger partial charge in [0.15, 0.2) is 0 Å². The first-order valence-corrected chi connectivity index (χ1v) is 7.37. The number of likely N-dealkylation sites (N-methyl/N-ethyl adjacent to an activating group) is 1. The van der Waals surface area contributed by atoms with Crippen molar-refractivity contribution in [3.05, 3.63) is 29.8 Å². The maximum Gasteiger partial charge on any atom is 0.0376 e. The number of hydrogen-bond acceptors (Lipinski definition) is 2. The lowest BCUT2D eigenvalue weighted by Crippen LogP contribution is -2.34. The van der Waals surface area contributed by atoms with Gasteiger partial charge in [0.05, 0.1) is 0 Å². The van der Waals surface area contributed by atoms with Gasteiger partial charge in [-0.05, 0) is 37.9 Å². The first kappa shape index (κ1) is 12.0. The Morgan fingerprint density at radius 3 is 2.78 bits per heavy atom. The molecule has 1 aromatic carbocycles. The summed E-state index contributed by atoms with van der Waals surface area (Å²) in [6.45, 7) is 2.35. The monoisotopic (exact) mass is 244 g/mol. The molecule has 1 aliphatic heterocycles. The minimum Gasteiger partial charge on any atom is -0.385 e. The Morgan fingerprint density at radius 2 is 1.94 bits per heavy atom. The van der Waals surface area contributed by atoms with Gasteiger partial charge in [-0.15, -0.1) is 0 Å². The van der Waals surface area contributed by atoms with Crippen LogP contribution in [0.4, 0.5) is 5.69 Å². The lowest BCUT2D eigenvalue weighted by Gasteiger charge is -2.32. The van der Waals surface area contributed by atoms with E-state index in [2.05, 4.69) is 41.5 Å². The van der Waals surface area contributed by atoms with Gasteiger partial charge in [0, 0.05) is 30.7 Å². The van der Waals surface area contributed by atoms with Crippen molar-refractivity contribution in [1.82, 2.24) is 4.90 Å². The molecule has 0 spiro atoms. The van der Waals surface area contributed by atoms with E-state index in [1.54, 1.807) is 0 Å². The molecule has 1 heterocycles. The molecule has 1 saturated carbocycles. The zero-order chi connectivity index (χ0) is 12.4. The summed E-state index contributed by atoms with van der Waals surface area (Å²) in [6.07, 6.45) is 6.94. The highest BCUT2D eigenvalue weighted by Crippen LogP contribution is 2.33. The van der Waals surface area contributed by atoms with E-state index >= 15 is 0 Å². The molecule has 0 bridgehead atoms. The number of benzene rings is 1. The average molecular weight is 244 g/mol. The Morgan fingerprint density at radius 1 is 1.17 bits per heavy atom. The molecule has 1 aliphatic carbocycles. The molecule has 0 aromatic heterocycles. The highest BCUT2D eigenvalue weighted by Gasteiger charge is 2.25. The molecular formula is C16H24N2. The standard InChI is InChI=1S/C16H24N2/c1-18(14-6-2-3-7-14)12-13-10-11-17-16-9-5-4-8-15(13)16/h4-5,8-9,13-14,17H,2-3,6-7,10-12H2,1H3. The van der Waals surface area contributed by atoms with Gasteiger partial charge in [0.1, 0.15) is 0 Å². The van der Waals surface area contributed by atoms with Crippen molar-refractivity contribution in [2.75, 3.05) is 25.5 Å².